The summed E-state index contributed by atoms with van der Waals surface area (Å²) in [5.74, 6) is 0.449. The smallest absolute Gasteiger partial charge is 0.270 e. The van der Waals surface area contributed by atoms with Crippen LogP contribution in [-0.4, -0.2) is 9.91 Å². The Hall–Kier alpha value is -3.47. The number of nitro groups is 1. The number of rotatable bonds is 3. The average Bonchev–Trinajstić information content (AvgIpc) is 3.06. The summed E-state index contributed by atoms with van der Waals surface area (Å²) in [6.45, 7) is 0. The normalized spacial score (nSPS) is 10.8. The second kappa shape index (κ2) is 5.62. The van der Waals surface area contributed by atoms with Gasteiger partial charge in [0.25, 0.3) is 5.69 Å². The Morgan fingerprint density at radius 3 is 2.38 bits per heavy atom. The van der Waals surface area contributed by atoms with Crippen LogP contribution in [0.5, 0.6) is 0 Å². The fraction of sp³-hybridized carbons (Fsp3) is 0. The van der Waals surface area contributed by atoms with Crippen LogP contribution < -0.4 is 0 Å². The number of hydrogen-bond donors (Lipinski definition) is 0. The van der Waals surface area contributed by atoms with Crippen molar-refractivity contribution in [3.8, 4) is 22.6 Å². The van der Waals surface area contributed by atoms with E-state index in [-0.39, 0.29) is 5.69 Å². The topological polar surface area (TPSA) is 69.2 Å². The first-order chi connectivity index (χ1) is 11.7. The number of oxazole rings is 1. The largest absolute Gasteiger partial charge is 0.436 e. The lowest BCUT2D eigenvalue weighted by Crippen LogP contribution is -1.91. The molecule has 0 atom stereocenters. The van der Waals surface area contributed by atoms with E-state index in [1.807, 2.05) is 54.6 Å². The van der Waals surface area contributed by atoms with Gasteiger partial charge in [-0.2, -0.15) is 0 Å². The summed E-state index contributed by atoms with van der Waals surface area (Å²) >= 11 is 0. The molecule has 0 saturated carbocycles. The second-order valence-electron chi connectivity index (χ2n) is 5.34. The maximum atomic E-state index is 11.1. The van der Waals surface area contributed by atoms with E-state index < -0.39 is 4.92 Å². The van der Waals surface area contributed by atoms with Crippen LogP contribution in [0, 0.1) is 10.1 Å². The third-order valence-corrected chi connectivity index (χ3v) is 3.82. The Balaban J connectivity index is 1.95. The molecule has 5 heteroatoms. The first-order valence-electron chi connectivity index (χ1n) is 7.42. The number of nitro benzene ring substituents is 1. The van der Waals surface area contributed by atoms with Crippen molar-refractivity contribution < 1.29 is 9.34 Å². The first-order valence-corrected chi connectivity index (χ1v) is 7.42. The number of non-ortho nitro benzene ring substituents is 1. The molecule has 0 saturated heterocycles. The van der Waals surface area contributed by atoms with Crippen molar-refractivity contribution in [3.05, 3.63) is 82.9 Å². The quantitative estimate of drug-likeness (QED) is 0.391. The number of nitrogens with zero attached hydrogens (tertiary/aromatic N) is 2. The van der Waals surface area contributed by atoms with E-state index in [0.717, 1.165) is 22.2 Å². The molecule has 5 nitrogen and oxygen atoms in total. The van der Waals surface area contributed by atoms with Crippen LogP contribution >= 0.6 is 0 Å². The zero-order chi connectivity index (χ0) is 16.5. The summed E-state index contributed by atoms with van der Waals surface area (Å²) in [5.41, 5.74) is 3.79. The lowest BCUT2D eigenvalue weighted by atomic mass is 9.99. The van der Waals surface area contributed by atoms with Crippen molar-refractivity contribution in [2.75, 3.05) is 0 Å². The summed E-state index contributed by atoms with van der Waals surface area (Å²) < 4.78 is 5.84. The van der Waals surface area contributed by atoms with Gasteiger partial charge in [0.1, 0.15) is 5.52 Å². The van der Waals surface area contributed by atoms with Crippen LogP contribution in [0.1, 0.15) is 0 Å². The molecular formula is C19H12N2O3. The Kier molecular flexibility index (Phi) is 3.31. The van der Waals surface area contributed by atoms with Gasteiger partial charge < -0.3 is 4.42 Å². The standard InChI is InChI=1S/C19H12N2O3/c22-21(23)14-10-11-15(16(12-14)13-6-2-1-3-7-13)19-20-17-8-4-5-9-18(17)24-19/h1-12H. The van der Waals surface area contributed by atoms with Gasteiger partial charge in [-0.1, -0.05) is 42.5 Å². The highest BCUT2D eigenvalue weighted by Gasteiger charge is 2.17. The molecule has 0 N–H and O–H groups in total. The van der Waals surface area contributed by atoms with Crippen LogP contribution in [-0.2, 0) is 0 Å². The Bertz CT molecular complexity index is 1010. The van der Waals surface area contributed by atoms with Gasteiger partial charge in [0.15, 0.2) is 5.58 Å². The van der Waals surface area contributed by atoms with Gasteiger partial charge in [0.2, 0.25) is 5.89 Å². The minimum Gasteiger partial charge on any atom is -0.436 e. The third kappa shape index (κ3) is 2.42. The molecule has 1 aromatic heterocycles. The van der Waals surface area contributed by atoms with Crippen molar-refractivity contribution in [3.63, 3.8) is 0 Å². The highest BCUT2D eigenvalue weighted by atomic mass is 16.6. The number of benzene rings is 3. The van der Waals surface area contributed by atoms with E-state index in [0.29, 0.717) is 11.5 Å². The van der Waals surface area contributed by atoms with Crippen LogP contribution in [0.15, 0.2) is 77.2 Å². The molecule has 24 heavy (non-hydrogen) atoms. The van der Waals surface area contributed by atoms with Gasteiger partial charge >= 0.3 is 0 Å². The first kappa shape index (κ1) is 14.1. The lowest BCUT2D eigenvalue weighted by Gasteiger charge is -2.07. The number of hydrogen-bond acceptors (Lipinski definition) is 4. The molecule has 0 fully saturated rings. The maximum absolute atomic E-state index is 11.1. The second-order valence-corrected chi connectivity index (χ2v) is 5.34. The molecule has 0 spiro atoms. The molecule has 0 radical (unpaired) electrons. The van der Waals surface area contributed by atoms with E-state index in [4.69, 9.17) is 4.42 Å². The molecule has 116 valence electrons. The van der Waals surface area contributed by atoms with Crippen LogP contribution in [0.4, 0.5) is 5.69 Å². The highest BCUT2D eigenvalue weighted by molar-refractivity contribution is 5.84. The SMILES string of the molecule is O=[N+]([O-])c1ccc(-c2nc3ccccc3o2)c(-c2ccccc2)c1. The minimum atomic E-state index is -0.401. The van der Waals surface area contributed by atoms with Crippen LogP contribution in [0.3, 0.4) is 0 Å². The molecule has 0 aliphatic carbocycles. The molecule has 3 aromatic carbocycles. The molecule has 0 aliphatic rings. The average molecular weight is 316 g/mol. The Labute approximate surface area is 137 Å². The zero-order valence-corrected chi connectivity index (χ0v) is 12.5. The highest BCUT2D eigenvalue weighted by Crippen LogP contribution is 2.35. The van der Waals surface area contributed by atoms with Gasteiger partial charge in [-0.15, -0.1) is 0 Å². The van der Waals surface area contributed by atoms with Crippen LogP contribution in [0.2, 0.25) is 0 Å². The van der Waals surface area contributed by atoms with Crippen molar-refractivity contribution in [2.24, 2.45) is 0 Å². The van der Waals surface area contributed by atoms with Crippen molar-refractivity contribution in [1.29, 1.82) is 0 Å². The van der Waals surface area contributed by atoms with Gasteiger partial charge in [-0.05, 0) is 23.8 Å². The molecule has 0 amide bonds. The van der Waals surface area contributed by atoms with Crippen molar-refractivity contribution in [1.82, 2.24) is 4.98 Å². The maximum Gasteiger partial charge on any atom is 0.270 e. The van der Waals surface area contributed by atoms with Gasteiger partial charge in [-0.3, -0.25) is 10.1 Å². The van der Waals surface area contributed by atoms with E-state index in [2.05, 4.69) is 4.98 Å². The summed E-state index contributed by atoms with van der Waals surface area (Å²) in [5, 5.41) is 11.1. The minimum absolute atomic E-state index is 0.0358. The summed E-state index contributed by atoms with van der Waals surface area (Å²) in [4.78, 5) is 15.2. The van der Waals surface area contributed by atoms with Gasteiger partial charge in [0.05, 0.1) is 4.92 Å². The zero-order valence-electron chi connectivity index (χ0n) is 12.5. The molecule has 4 aromatic rings. The van der Waals surface area contributed by atoms with Gasteiger partial charge in [0, 0.05) is 23.3 Å². The summed E-state index contributed by atoms with van der Waals surface area (Å²) in [6, 6.07) is 21.7. The fourth-order valence-electron chi connectivity index (χ4n) is 2.68. The van der Waals surface area contributed by atoms with Crippen LogP contribution in [0.25, 0.3) is 33.7 Å². The van der Waals surface area contributed by atoms with E-state index in [1.54, 1.807) is 12.1 Å². The third-order valence-electron chi connectivity index (χ3n) is 3.82. The fourth-order valence-corrected chi connectivity index (χ4v) is 2.68. The Morgan fingerprint density at radius 2 is 1.62 bits per heavy atom. The summed E-state index contributed by atoms with van der Waals surface area (Å²) in [6.07, 6.45) is 0. The molecule has 0 aliphatic heterocycles. The lowest BCUT2D eigenvalue weighted by molar-refractivity contribution is -0.384. The summed E-state index contributed by atoms with van der Waals surface area (Å²) in [7, 11) is 0. The number of para-hydroxylation sites is 2. The molecule has 1 heterocycles. The monoisotopic (exact) mass is 316 g/mol. The predicted octanol–water partition coefficient (Wildman–Crippen LogP) is 5.07. The Morgan fingerprint density at radius 1 is 0.875 bits per heavy atom. The molecular weight excluding hydrogens is 304 g/mol. The van der Waals surface area contributed by atoms with E-state index in [9.17, 15) is 10.1 Å². The molecule has 0 unspecified atom stereocenters. The molecule has 4 rings (SSSR count). The molecule has 0 bridgehead atoms. The predicted molar refractivity (Wildman–Crippen MR) is 91.5 cm³/mol. The number of fused-ring (bicyclic) bond motifs is 1. The van der Waals surface area contributed by atoms with Crippen molar-refractivity contribution >= 4 is 16.8 Å². The van der Waals surface area contributed by atoms with E-state index in [1.165, 1.54) is 6.07 Å². The van der Waals surface area contributed by atoms with E-state index >= 15 is 0 Å². The number of aromatic nitrogens is 1. The van der Waals surface area contributed by atoms with Crippen molar-refractivity contribution in [2.45, 2.75) is 0 Å². The van der Waals surface area contributed by atoms with Gasteiger partial charge in [-0.25, -0.2) is 4.98 Å².